The summed E-state index contributed by atoms with van der Waals surface area (Å²) in [6, 6.07) is 7.85. The van der Waals surface area contributed by atoms with E-state index in [4.69, 9.17) is 11.6 Å². The number of carbonyl (C=O) groups excluding carboxylic acids is 1. The largest absolute Gasteiger partial charge is 0.344 e. The average Bonchev–Trinajstić information content (AvgIpc) is 2.79. The van der Waals surface area contributed by atoms with Crippen molar-refractivity contribution in [3.8, 4) is 0 Å². The fraction of sp³-hybridized carbons (Fsp3) is 0.267. The summed E-state index contributed by atoms with van der Waals surface area (Å²) >= 11 is 12.8. The monoisotopic (exact) mass is 401 g/mol. The van der Waals surface area contributed by atoms with Crippen molar-refractivity contribution in [3.63, 3.8) is 0 Å². The molecular formula is C15H13BrClNOS2. The summed E-state index contributed by atoms with van der Waals surface area (Å²) in [6.07, 6.45) is 0.926. The maximum absolute atomic E-state index is 12.4. The van der Waals surface area contributed by atoms with Crippen molar-refractivity contribution in [2.24, 2.45) is 0 Å². The zero-order chi connectivity index (χ0) is 15.0. The third-order valence-electron chi connectivity index (χ3n) is 3.40. The van der Waals surface area contributed by atoms with Crippen molar-refractivity contribution in [1.82, 2.24) is 5.32 Å². The van der Waals surface area contributed by atoms with Gasteiger partial charge in [-0.05, 0) is 64.7 Å². The number of aryl methyl sites for hydroxylation is 1. The van der Waals surface area contributed by atoms with Crippen LogP contribution in [0.25, 0.3) is 0 Å². The maximum Gasteiger partial charge on any atom is 0.261 e. The molecule has 1 aliphatic heterocycles. The minimum absolute atomic E-state index is 0.0170. The standard InChI is InChI=1S/C15H13BrClNOS2/c1-8-6-13(21-14(8)16)15(19)18-11-4-5-20-12-3-2-9(17)7-10(11)12/h2-3,6-7,11H,4-5H2,1H3,(H,18,19). The van der Waals surface area contributed by atoms with E-state index in [1.807, 2.05) is 43.0 Å². The molecule has 1 atom stereocenters. The molecule has 0 bridgehead atoms. The molecule has 0 fully saturated rings. The zero-order valence-corrected chi connectivity index (χ0v) is 15.3. The maximum atomic E-state index is 12.4. The molecule has 0 aliphatic carbocycles. The first-order chi connectivity index (χ1) is 10.0. The molecule has 21 heavy (non-hydrogen) atoms. The van der Waals surface area contributed by atoms with Gasteiger partial charge in [-0.3, -0.25) is 4.79 Å². The van der Waals surface area contributed by atoms with Gasteiger partial charge in [0.1, 0.15) is 0 Å². The van der Waals surface area contributed by atoms with Crippen LogP contribution in [0.2, 0.25) is 5.02 Å². The molecule has 2 heterocycles. The summed E-state index contributed by atoms with van der Waals surface area (Å²) in [5, 5.41) is 3.85. The number of amides is 1. The van der Waals surface area contributed by atoms with Gasteiger partial charge in [0.15, 0.2) is 0 Å². The molecule has 3 rings (SSSR count). The van der Waals surface area contributed by atoms with Crippen LogP contribution in [0.5, 0.6) is 0 Å². The van der Waals surface area contributed by atoms with Gasteiger partial charge in [-0.15, -0.1) is 23.1 Å². The molecule has 2 nitrogen and oxygen atoms in total. The Hall–Kier alpha value is -0.490. The first-order valence-corrected chi connectivity index (χ1v) is 9.51. The molecule has 0 radical (unpaired) electrons. The van der Waals surface area contributed by atoms with Crippen LogP contribution in [-0.2, 0) is 0 Å². The minimum atomic E-state index is -0.0170. The van der Waals surface area contributed by atoms with E-state index >= 15 is 0 Å². The summed E-state index contributed by atoms with van der Waals surface area (Å²) in [4.78, 5) is 14.4. The molecule has 1 aromatic carbocycles. The average molecular weight is 403 g/mol. The lowest BCUT2D eigenvalue weighted by molar-refractivity contribution is 0.0939. The number of hydrogen-bond acceptors (Lipinski definition) is 3. The first-order valence-electron chi connectivity index (χ1n) is 6.53. The zero-order valence-electron chi connectivity index (χ0n) is 11.3. The van der Waals surface area contributed by atoms with E-state index < -0.39 is 0 Å². The lowest BCUT2D eigenvalue weighted by Crippen LogP contribution is -2.30. The van der Waals surface area contributed by atoms with E-state index in [9.17, 15) is 4.79 Å². The normalized spacial score (nSPS) is 17.4. The predicted octanol–water partition coefficient (Wildman–Crippen LogP) is 5.44. The Kier molecular flexibility index (Phi) is 4.64. The Morgan fingerprint density at radius 1 is 1.43 bits per heavy atom. The van der Waals surface area contributed by atoms with E-state index in [2.05, 4.69) is 21.2 Å². The number of thioether (sulfide) groups is 1. The Morgan fingerprint density at radius 3 is 2.95 bits per heavy atom. The van der Waals surface area contributed by atoms with Gasteiger partial charge < -0.3 is 5.32 Å². The van der Waals surface area contributed by atoms with E-state index in [0.717, 1.165) is 32.0 Å². The van der Waals surface area contributed by atoms with Gasteiger partial charge in [-0.2, -0.15) is 0 Å². The highest BCUT2D eigenvalue weighted by Crippen LogP contribution is 2.38. The van der Waals surface area contributed by atoms with Gasteiger partial charge >= 0.3 is 0 Å². The fourth-order valence-electron chi connectivity index (χ4n) is 2.32. The van der Waals surface area contributed by atoms with Crippen LogP contribution >= 0.6 is 50.6 Å². The van der Waals surface area contributed by atoms with Crippen LogP contribution < -0.4 is 5.32 Å². The van der Waals surface area contributed by atoms with Crippen LogP contribution in [0.1, 0.15) is 33.3 Å². The number of thiophene rings is 1. The second-order valence-electron chi connectivity index (χ2n) is 4.91. The fourth-order valence-corrected chi connectivity index (χ4v) is 5.04. The van der Waals surface area contributed by atoms with E-state index in [1.54, 1.807) is 0 Å². The SMILES string of the molecule is Cc1cc(C(=O)NC2CCSc3ccc(Cl)cc32)sc1Br. The summed E-state index contributed by atoms with van der Waals surface area (Å²) in [6.45, 7) is 1.99. The number of halogens is 2. The van der Waals surface area contributed by atoms with Crippen molar-refractivity contribution >= 4 is 56.5 Å². The number of benzene rings is 1. The Bertz CT molecular complexity index is 681. The molecule has 1 amide bonds. The quantitative estimate of drug-likeness (QED) is 0.724. The number of fused-ring (bicyclic) bond motifs is 1. The summed E-state index contributed by atoms with van der Waals surface area (Å²) in [5.41, 5.74) is 2.22. The molecule has 110 valence electrons. The van der Waals surface area contributed by atoms with Crippen LogP contribution in [0.15, 0.2) is 32.9 Å². The number of carbonyl (C=O) groups is 1. The van der Waals surface area contributed by atoms with E-state index in [1.165, 1.54) is 16.2 Å². The molecule has 1 aliphatic rings. The smallest absolute Gasteiger partial charge is 0.261 e. The Labute approximate surface area is 145 Å². The molecule has 0 saturated heterocycles. The topological polar surface area (TPSA) is 29.1 Å². The van der Waals surface area contributed by atoms with Crippen molar-refractivity contribution in [1.29, 1.82) is 0 Å². The molecule has 6 heteroatoms. The van der Waals surface area contributed by atoms with Crippen molar-refractivity contribution < 1.29 is 4.79 Å². The first kappa shape index (κ1) is 15.4. The second-order valence-corrected chi connectivity index (χ2v) is 8.86. The van der Waals surface area contributed by atoms with Gasteiger partial charge in [0, 0.05) is 15.7 Å². The van der Waals surface area contributed by atoms with Crippen molar-refractivity contribution in [2.75, 3.05) is 5.75 Å². The lowest BCUT2D eigenvalue weighted by Gasteiger charge is -2.26. The van der Waals surface area contributed by atoms with Gasteiger partial charge in [-0.25, -0.2) is 0 Å². The predicted molar refractivity (Wildman–Crippen MR) is 93.8 cm³/mol. The minimum Gasteiger partial charge on any atom is -0.344 e. The van der Waals surface area contributed by atoms with Gasteiger partial charge in [0.25, 0.3) is 5.91 Å². The highest BCUT2D eigenvalue weighted by Gasteiger charge is 2.23. The van der Waals surface area contributed by atoms with Crippen molar-refractivity contribution in [3.05, 3.63) is 49.1 Å². The Morgan fingerprint density at radius 2 is 2.24 bits per heavy atom. The lowest BCUT2D eigenvalue weighted by atomic mass is 10.0. The molecular weight excluding hydrogens is 390 g/mol. The number of hydrogen-bond donors (Lipinski definition) is 1. The molecule has 1 aromatic heterocycles. The molecule has 0 saturated carbocycles. The summed E-state index contributed by atoms with van der Waals surface area (Å²) in [7, 11) is 0. The highest BCUT2D eigenvalue weighted by atomic mass is 79.9. The number of rotatable bonds is 2. The third-order valence-corrected chi connectivity index (χ3v) is 6.89. The van der Waals surface area contributed by atoms with Gasteiger partial charge in [-0.1, -0.05) is 11.6 Å². The van der Waals surface area contributed by atoms with E-state index in [0.29, 0.717) is 5.02 Å². The van der Waals surface area contributed by atoms with E-state index in [-0.39, 0.29) is 11.9 Å². The van der Waals surface area contributed by atoms with Gasteiger partial charge in [0.2, 0.25) is 0 Å². The van der Waals surface area contributed by atoms with Crippen LogP contribution in [0, 0.1) is 6.92 Å². The third kappa shape index (κ3) is 3.31. The van der Waals surface area contributed by atoms with Crippen molar-refractivity contribution in [2.45, 2.75) is 24.3 Å². The Balaban J connectivity index is 1.83. The van der Waals surface area contributed by atoms with Gasteiger partial charge in [0.05, 0.1) is 14.7 Å². The van der Waals surface area contributed by atoms with Crippen LogP contribution in [-0.4, -0.2) is 11.7 Å². The molecule has 0 spiro atoms. The molecule has 1 unspecified atom stereocenters. The second kappa shape index (κ2) is 6.32. The highest BCUT2D eigenvalue weighted by molar-refractivity contribution is 9.11. The summed E-state index contributed by atoms with van der Waals surface area (Å²) < 4.78 is 1.01. The van der Waals surface area contributed by atoms with Crippen LogP contribution in [0.4, 0.5) is 0 Å². The van der Waals surface area contributed by atoms with Crippen LogP contribution in [0.3, 0.4) is 0 Å². The molecule has 1 N–H and O–H groups in total. The molecule has 2 aromatic rings. The summed E-state index contributed by atoms with van der Waals surface area (Å²) in [5.74, 6) is 0.990. The number of nitrogens with one attached hydrogen (secondary N) is 1.